The SMILES string of the molecule is CC(O)C(=O)c1cncc2ccccc12. The molecule has 0 aliphatic carbocycles. The summed E-state index contributed by atoms with van der Waals surface area (Å²) in [7, 11) is 0. The third-order valence-electron chi connectivity index (χ3n) is 2.31. The van der Waals surface area contributed by atoms with Gasteiger partial charge in [-0.2, -0.15) is 0 Å². The number of Topliss-reactive ketones (excluding diaryl/α,β-unsaturated/α-hetero) is 1. The monoisotopic (exact) mass is 201 g/mol. The van der Waals surface area contributed by atoms with Gasteiger partial charge in [-0.1, -0.05) is 24.3 Å². The van der Waals surface area contributed by atoms with E-state index in [0.717, 1.165) is 10.8 Å². The minimum atomic E-state index is -0.988. The number of aliphatic hydroxyl groups excluding tert-OH is 1. The predicted molar refractivity (Wildman–Crippen MR) is 57.8 cm³/mol. The Morgan fingerprint density at radius 2 is 2.07 bits per heavy atom. The number of hydrogen-bond donors (Lipinski definition) is 1. The molecular weight excluding hydrogens is 190 g/mol. The largest absolute Gasteiger partial charge is 0.385 e. The molecule has 0 saturated carbocycles. The van der Waals surface area contributed by atoms with Crippen LogP contribution in [0, 0.1) is 0 Å². The number of ketones is 1. The van der Waals surface area contributed by atoms with E-state index in [1.54, 1.807) is 6.20 Å². The number of rotatable bonds is 2. The highest BCUT2D eigenvalue weighted by Crippen LogP contribution is 2.18. The Bertz CT molecular complexity index is 500. The van der Waals surface area contributed by atoms with E-state index in [1.165, 1.54) is 13.1 Å². The van der Waals surface area contributed by atoms with Gasteiger partial charge in [-0.15, -0.1) is 0 Å². The van der Waals surface area contributed by atoms with Gasteiger partial charge in [0, 0.05) is 23.3 Å². The molecule has 1 unspecified atom stereocenters. The van der Waals surface area contributed by atoms with Crippen LogP contribution in [0.5, 0.6) is 0 Å². The first-order chi connectivity index (χ1) is 7.20. The van der Waals surface area contributed by atoms with E-state index < -0.39 is 6.10 Å². The zero-order chi connectivity index (χ0) is 10.8. The van der Waals surface area contributed by atoms with Crippen LogP contribution in [0.15, 0.2) is 36.7 Å². The maximum atomic E-state index is 11.7. The minimum absolute atomic E-state index is 0.292. The van der Waals surface area contributed by atoms with E-state index in [9.17, 15) is 9.90 Å². The van der Waals surface area contributed by atoms with Crippen molar-refractivity contribution in [1.82, 2.24) is 4.98 Å². The van der Waals surface area contributed by atoms with Crippen LogP contribution in [-0.2, 0) is 0 Å². The molecule has 0 saturated heterocycles. The van der Waals surface area contributed by atoms with E-state index >= 15 is 0 Å². The second-order valence-corrected chi connectivity index (χ2v) is 3.45. The highest BCUT2D eigenvalue weighted by Gasteiger charge is 2.14. The van der Waals surface area contributed by atoms with Crippen LogP contribution in [0.2, 0.25) is 0 Å². The molecule has 1 N–H and O–H groups in total. The molecule has 15 heavy (non-hydrogen) atoms. The summed E-state index contributed by atoms with van der Waals surface area (Å²) in [5.74, 6) is -0.292. The number of hydrogen-bond acceptors (Lipinski definition) is 3. The van der Waals surface area contributed by atoms with Crippen molar-refractivity contribution in [2.75, 3.05) is 0 Å². The summed E-state index contributed by atoms with van der Waals surface area (Å²) in [5, 5.41) is 11.0. The maximum absolute atomic E-state index is 11.7. The van der Waals surface area contributed by atoms with E-state index in [1.807, 2.05) is 24.3 Å². The van der Waals surface area contributed by atoms with Crippen LogP contribution in [-0.4, -0.2) is 22.0 Å². The molecular formula is C12H11NO2. The van der Waals surface area contributed by atoms with Gasteiger partial charge in [0.25, 0.3) is 0 Å². The lowest BCUT2D eigenvalue weighted by Crippen LogP contribution is -2.16. The van der Waals surface area contributed by atoms with Crippen molar-refractivity contribution < 1.29 is 9.90 Å². The molecule has 1 atom stereocenters. The molecule has 0 aliphatic rings. The number of benzene rings is 1. The van der Waals surface area contributed by atoms with Crippen molar-refractivity contribution in [1.29, 1.82) is 0 Å². The van der Waals surface area contributed by atoms with E-state index in [4.69, 9.17) is 0 Å². The molecule has 1 aromatic carbocycles. The molecule has 1 heterocycles. The van der Waals surface area contributed by atoms with Crippen molar-refractivity contribution >= 4 is 16.6 Å². The average Bonchev–Trinajstić information content (AvgIpc) is 2.27. The van der Waals surface area contributed by atoms with Crippen LogP contribution in [0.1, 0.15) is 17.3 Å². The molecule has 0 fully saturated rings. The summed E-state index contributed by atoms with van der Waals surface area (Å²) < 4.78 is 0. The number of aliphatic hydroxyl groups is 1. The number of fused-ring (bicyclic) bond motifs is 1. The lowest BCUT2D eigenvalue weighted by atomic mass is 10.0. The zero-order valence-electron chi connectivity index (χ0n) is 8.34. The average molecular weight is 201 g/mol. The normalized spacial score (nSPS) is 12.7. The molecule has 0 spiro atoms. The molecule has 0 aliphatic heterocycles. The van der Waals surface area contributed by atoms with Crippen molar-refractivity contribution in [3.8, 4) is 0 Å². The van der Waals surface area contributed by atoms with Crippen LogP contribution >= 0.6 is 0 Å². The fourth-order valence-corrected chi connectivity index (χ4v) is 1.54. The summed E-state index contributed by atoms with van der Waals surface area (Å²) in [5.41, 5.74) is 0.475. The Kier molecular flexibility index (Phi) is 2.47. The third-order valence-corrected chi connectivity index (χ3v) is 2.31. The molecule has 3 heteroatoms. The van der Waals surface area contributed by atoms with Gasteiger partial charge in [-0.25, -0.2) is 0 Å². The van der Waals surface area contributed by atoms with Gasteiger partial charge in [-0.05, 0) is 12.3 Å². The van der Waals surface area contributed by atoms with Gasteiger partial charge in [0.05, 0.1) is 0 Å². The fourth-order valence-electron chi connectivity index (χ4n) is 1.54. The smallest absolute Gasteiger partial charge is 0.193 e. The Morgan fingerprint density at radius 1 is 1.33 bits per heavy atom. The highest BCUT2D eigenvalue weighted by molar-refractivity contribution is 6.09. The standard InChI is InChI=1S/C12H11NO2/c1-8(14)12(15)11-7-13-6-9-4-2-3-5-10(9)11/h2-8,14H,1H3. The number of carbonyl (C=O) groups is 1. The third kappa shape index (κ3) is 1.74. The number of pyridine rings is 1. The summed E-state index contributed by atoms with van der Waals surface area (Å²) in [6.45, 7) is 1.46. The summed E-state index contributed by atoms with van der Waals surface area (Å²) in [6, 6.07) is 7.50. The van der Waals surface area contributed by atoms with Crippen molar-refractivity contribution in [2.24, 2.45) is 0 Å². The topological polar surface area (TPSA) is 50.2 Å². The Morgan fingerprint density at radius 3 is 2.80 bits per heavy atom. The van der Waals surface area contributed by atoms with E-state index in [-0.39, 0.29) is 5.78 Å². The molecule has 2 rings (SSSR count). The lowest BCUT2D eigenvalue weighted by molar-refractivity contribution is 0.0781. The zero-order valence-corrected chi connectivity index (χ0v) is 8.34. The molecule has 3 nitrogen and oxygen atoms in total. The lowest BCUT2D eigenvalue weighted by Gasteiger charge is -2.06. The first kappa shape index (κ1) is 9.80. The van der Waals surface area contributed by atoms with Gasteiger partial charge >= 0.3 is 0 Å². The number of aromatic nitrogens is 1. The van der Waals surface area contributed by atoms with Gasteiger partial charge in [0.15, 0.2) is 5.78 Å². The minimum Gasteiger partial charge on any atom is -0.385 e. The number of carbonyl (C=O) groups excluding carboxylic acids is 1. The second kappa shape index (κ2) is 3.79. The van der Waals surface area contributed by atoms with E-state index in [0.29, 0.717) is 5.56 Å². The Balaban J connectivity index is 2.66. The summed E-state index contributed by atoms with van der Waals surface area (Å²) in [6.07, 6.45) is 2.21. The van der Waals surface area contributed by atoms with Crippen LogP contribution in [0.3, 0.4) is 0 Å². The molecule has 0 amide bonds. The van der Waals surface area contributed by atoms with Crippen LogP contribution < -0.4 is 0 Å². The summed E-state index contributed by atoms with van der Waals surface area (Å²) in [4.78, 5) is 15.7. The Hall–Kier alpha value is -1.74. The van der Waals surface area contributed by atoms with Crippen molar-refractivity contribution in [2.45, 2.75) is 13.0 Å². The van der Waals surface area contributed by atoms with Crippen molar-refractivity contribution in [3.63, 3.8) is 0 Å². The molecule has 0 bridgehead atoms. The maximum Gasteiger partial charge on any atom is 0.193 e. The number of nitrogens with zero attached hydrogens (tertiary/aromatic N) is 1. The second-order valence-electron chi connectivity index (χ2n) is 3.45. The van der Waals surface area contributed by atoms with Crippen LogP contribution in [0.4, 0.5) is 0 Å². The van der Waals surface area contributed by atoms with Crippen molar-refractivity contribution in [3.05, 3.63) is 42.2 Å². The molecule has 1 aromatic heterocycles. The molecule has 2 aromatic rings. The first-order valence-electron chi connectivity index (χ1n) is 4.75. The van der Waals surface area contributed by atoms with Crippen LogP contribution in [0.25, 0.3) is 10.8 Å². The summed E-state index contributed by atoms with van der Waals surface area (Å²) >= 11 is 0. The van der Waals surface area contributed by atoms with Gasteiger partial charge in [0.2, 0.25) is 0 Å². The van der Waals surface area contributed by atoms with E-state index in [2.05, 4.69) is 4.98 Å². The van der Waals surface area contributed by atoms with Gasteiger partial charge in [0.1, 0.15) is 6.10 Å². The highest BCUT2D eigenvalue weighted by atomic mass is 16.3. The van der Waals surface area contributed by atoms with Gasteiger partial charge < -0.3 is 5.11 Å². The predicted octanol–water partition coefficient (Wildman–Crippen LogP) is 1.80. The Labute approximate surface area is 87.4 Å². The first-order valence-corrected chi connectivity index (χ1v) is 4.75. The quantitative estimate of drug-likeness (QED) is 0.754. The fraction of sp³-hybridized carbons (Fsp3) is 0.167. The van der Waals surface area contributed by atoms with Gasteiger partial charge in [-0.3, -0.25) is 9.78 Å². The molecule has 76 valence electrons. The molecule has 0 radical (unpaired) electrons.